The molecule has 0 saturated heterocycles. The van der Waals surface area contributed by atoms with E-state index >= 15 is 0 Å². The third-order valence-corrected chi connectivity index (χ3v) is 4.46. The quantitative estimate of drug-likeness (QED) is 0.678. The van der Waals surface area contributed by atoms with E-state index in [0.717, 1.165) is 29.0 Å². The third-order valence-electron chi connectivity index (χ3n) is 4.46. The maximum absolute atomic E-state index is 12.8. The summed E-state index contributed by atoms with van der Waals surface area (Å²) in [6.45, 7) is 2.63. The summed E-state index contributed by atoms with van der Waals surface area (Å²) in [6.07, 6.45) is 5.94. The van der Waals surface area contributed by atoms with E-state index in [4.69, 9.17) is 4.74 Å². The zero-order chi connectivity index (χ0) is 19.9. The van der Waals surface area contributed by atoms with Gasteiger partial charge in [0.15, 0.2) is 0 Å². The Morgan fingerprint density at radius 3 is 2.64 bits per heavy atom. The highest BCUT2D eigenvalue weighted by atomic mass is 16.5. The normalized spacial score (nSPS) is 10.4. The van der Waals surface area contributed by atoms with Crippen LogP contribution in [-0.2, 0) is 6.42 Å². The summed E-state index contributed by atoms with van der Waals surface area (Å²) in [7, 11) is 3.43. The highest BCUT2D eigenvalue weighted by Gasteiger charge is 2.13. The predicted octanol–water partition coefficient (Wildman–Crippen LogP) is 3.85. The van der Waals surface area contributed by atoms with Crippen LogP contribution in [0.3, 0.4) is 0 Å². The van der Waals surface area contributed by atoms with Crippen LogP contribution in [0.5, 0.6) is 5.75 Å². The molecule has 0 aliphatic rings. The maximum Gasteiger partial charge on any atom is 0.253 e. The number of nitrogens with zero attached hydrogens (tertiary/aromatic N) is 3. The summed E-state index contributed by atoms with van der Waals surface area (Å²) < 4.78 is 5.39. The summed E-state index contributed by atoms with van der Waals surface area (Å²) in [5, 5.41) is 3.24. The number of methoxy groups -OCH3 is 1. The molecule has 0 fully saturated rings. The number of rotatable bonds is 7. The Morgan fingerprint density at radius 2 is 1.89 bits per heavy atom. The van der Waals surface area contributed by atoms with Gasteiger partial charge in [-0.15, -0.1) is 0 Å². The van der Waals surface area contributed by atoms with E-state index in [9.17, 15) is 4.79 Å². The van der Waals surface area contributed by atoms with Crippen LogP contribution in [0.4, 0.5) is 11.5 Å². The Kier molecular flexibility index (Phi) is 6.22. The van der Waals surface area contributed by atoms with E-state index in [-0.39, 0.29) is 5.91 Å². The second kappa shape index (κ2) is 8.99. The van der Waals surface area contributed by atoms with Crippen LogP contribution in [0.25, 0.3) is 0 Å². The zero-order valence-electron chi connectivity index (χ0n) is 16.3. The lowest BCUT2D eigenvalue weighted by molar-refractivity contribution is 0.0796. The number of nitrogens with one attached hydrogen (secondary N) is 1. The molecule has 2 heterocycles. The molecular formula is C22H24N4O2. The lowest BCUT2D eigenvalue weighted by Gasteiger charge is -2.18. The molecule has 0 spiro atoms. The summed E-state index contributed by atoms with van der Waals surface area (Å²) >= 11 is 0. The van der Waals surface area contributed by atoms with Gasteiger partial charge in [-0.1, -0.05) is 6.07 Å². The average Bonchev–Trinajstić information content (AvgIpc) is 2.72. The summed E-state index contributed by atoms with van der Waals surface area (Å²) in [5.74, 6) is 1.27. The van der Waals surface area contributed by atoms with Crippen LogP contribution in [0.1, 0.15) is 21.5 Å². The highest BCUT2D eigenvalue weighted by molar-refractivity contribution is 5.94. The van der Waals surface area contributed by atoms with Gasteiger partial charge in [-0.2, -0.15) is 0 Å². The van der Waals surface area contributed by atoms with Gasteiger partial charge in [-0.3, -0.25) is 9.78 Å². The van der Waals surface area contributed by atoms with E-state index < -0.39 is 0 Å². The molecule has 1 amide bonds. The van der Waals surface area contributed by atoms with Crippen molar-refractivity contribution >= 4 is 17.4 Å². The molecule has 1 N–H and O–H groups in total. The van der Waals surface area contributed by atoms with Crippen LogP contribution >= 0.6 is 0 Å². The molecule has 3 rings (SSSR count). The van der Waals surface area contributed by atoms with Crippen LogP contribution in [0.2, 0.25) is 0 Å². The van der Waals surface area contributed by atoms with Crippen LogP contribution in [0, 0.1) is 6.92 Å². The van der Waals surface area contributed by atoms with Gasteiger partial charge >= 0.3 is 0 Å². The molecule has 0 aliphatic heterocycles. The van der Waals surface area contributed by atoms with Crippen molar-refractivity contribution < 1.29 is 9.53 Å². The van der Waals surface area contributed by atoms with Crippen molar-refractivity contribution in [2.45, 2.75) is 13.3 Å². The van der Waals surface area contributed by atoms with Crippen molar-refractivity contribution in [2.24, 2.45) is 0 Å². The van der Waals surface area contributed by atoms with Gasteiger partial charge in [0.05, 0.1) is 12.8 Å². The Labute approximate surface area is 165 Å². The number of carbonyl (C=O) groups is 1. The predicted molar refractivity (Wildman–Crippen MR) is 110 cm³/mol. The molecule has 0 radical (unpaired) electrons. The fourth-order valence-corrected chi connectivity index (χ4v) is 2.86. The fraction of sp³-hybridized carbons (Fsp3) is 0.227. The number of anilines is 2. The first kappa shape index (κ1) is 19.4. The van der Waals surface area contributed by atoms with Crippen molar-refractivity contribution in [3.63, 3.8) is 0 Å². The highest BCUT2D eigenvalue weighted by Crippen LogP contribution is 2.28. The molecule has 2 aromatic heterocycles. The first-order valence-electron chi connectivity index (χ1n) is 9.09. The number of aryl methyl sites for hydroxylation is 1. The largest absolute Gasteiger partial charge is 0.495 e. The monoisotopic (exact) mass is 376 g/mol. The van der Waals surface area contributed by atoms with Gasteiger partial charge in [0.25, 0.3) is 5.91 Å². The molecule has 6 heteroatoms. The Hall–Kier alpha value is -3.41. The maximum atomic E-state index is 12.8. The molecule has 0 bridgehead atoms. The molecule has 28 heavy (non-hydrogen) atoms. The Morgan fingerprint density at radius 1 is 1.11 bits per heavy atom. The molecule has 3 aromatic rings. The number of aromatic nitrogens is 2. The molecule has 144 valence electrons. The standard InChI is InChI=1S/C22H24N4O2/c1-16-4-5-20(28-3)19(14-16)25-21-15-18(8-12-24-21)22(27)26(2)13-9-17-6-10-23-11-7-17/h4-8,10-12,14-15H,9,13H2,1-3H3,(H,24,25). The first-order valence-corrected chi connectivity index (χ1v) is 9.09. The third kappa shape index (κ3) is 4.85. The number of ether oxygens (including phenoxy) is 1. The summed E-state index contributed by atoms with van der Waals surface area (Å²) in [4.78, 5) is 22.8. The number of hydrogen-bond acceptors (Lipinski definition) is 5. The number of pyridine rings is 2. The van der Waals surface area contributed by atoms with Crippen molar-refractivity contribution in [3.05, 3.63) is 77.7 Å². The van der Waals surface area contributed by atoms with Gasteiger partial charge in [0, 0.05) is 37.7 Å². The van der Waals surface area contributed by atoms with Crippen molar-refractivity contribution in [2.75, 3.05) is 26.0 Å². The number of hydrogen-bond donors (Lipinski definition) is 1. The number of likely N-dealkylation sites (N-methyl/N-ethyl adjacent to an activating group) is 1. The number of carbonyl (C=O) groups excluding carboxylic acids is 1. The van der Waals surface area contributed by atoms with E-state index in [1.807, 2.05) is 37.3 Å². The average molecular weight is 376 g/mol. The van der Waals surface area contributed by atoms with Crippen molar-refractivity contribution in [1.29, 1.82) is 0 Å². The van der Waals surface area contributed by atoms with E-state index in [1.165, 1.54) is 0 Å². The topological polar surface area (TPSA) is 67.3 Å². The lowest BCUT2D eigenvalue weighted by atomic mass is 10.1. The molecule has 0 aliphatic carbocycles. The van der Waals surface area contributed by atoms with E-state index in [1.54, 1.807) is 49.8 Å². The summed E-state index contributed by atoms with van der Waals surface area (Å²) in [6, 6.07) is 13.3. The zero-order valence-corrected chi connectivity index (χ0v) is 16.3. The van der Waals surface area contributed by atoms with E-state index in [2.05, 4.69) is 15.3 Å². The van der Waals surface area contributed by atoms with Crippen molar-refractivity contribution in [3.8, 4) is 5.75 Å². The van der Waals surface area contributed by atoms with Gasteiger partial charge in [0.1, 0.15) is 11.6 Å². The van der Waals surface area contributed by atoms with Gasteiger partial charge in [0.2, 0.25) is 0 Å². The second-order valence-corrected chi connectivity index (χ2v) is 6.59. The van der Waals surface area contributed by atoms with Gasteiger partial charge < -0.3 is 15.0 Å². The minimum atomic E-state index is -0.0456. The van der Waals surface area contributed by atoms with Crippen LogP contribution < -0.4 is 10.1 Å². The number of benzene rings is 1. The molecule has 1 aromatic carbocycles. The van der Waals surface area contributed by atoms with Crippen LogP contribution in [-0.4, -0.2) is 41.5 Å². The second-order valence-electron chi connectivity index (χ2n) is 6.59. The molecule has 0 saturated carbocycles. The van der Waals surface area contributed by atoms with Crippen molar-refractivity contribution in [1.82, 2.24) is 14.9 Å². The minimum Gasteiger partial charge on any atom is -0.495 e. The smallest absolute Gasteiger partial charge is 0.253 e. The Balaban J connectivity index is 1.70. The molecule has 6 nitrogen and oxygen atoms in total. The van der Waals surface area contributed by atoms with Crippen LogP contribution in [0.15, 0.2) is 61.1 Å². The minimum absolute atomic E-state index is 0.0456. The Bertz CT molecular complexity index is 944. The fourth-order valence-electron chi connectivity index (χ4n) is 2.86. The molecule has 0 unspecified atom stereocenters. The lowest BCUT2D eigenvalue weighted by Crippen LogP contribution is -2.28. The first-order chi connectivity index (χ1) is 13.6. The molecular weight excluding hydrogens is 352 g/mol. The number of amides is 1. The molecule has 0 atom stereocenters. The van der Waals surface area contributed by atoms with Gasteiger partial charge in [-0.25, -0.2) is 4.98 Å². The van der Waals surface area contributed by atoms with E-state index in [0.29, 0.717) is 17.9 Å². The SMILES string of the molecule is COc1ccc(C)cc1Nc1cc(C(=O)N(C)CCc2ccncc2)ccn1. The van der Waals surface area contributed by atoms with Gasteiger partial charge in [-0.05, 0) is 60.9 Å². The summed E-state index contributed by atoms with van der Waals surface area (Å²) in [5.41, 5.74) is 3.65.